The Hall–Kier alpha value is -1.45. The lowest BCUT2D eigenvalue weighted by Crippen LogP contribution is -1.92. The van der Waals surface area contributed by atoms with Crippen LogP contribution in [0.15, 0.2) is 40.8 Å². The van der Waals surface area contributed by atoms with Crippen LogP contribution in [0.2, 0.25) is 0 Å². The molecule has 0 bridgehead atoms. The smallest absolute Gasteiger partial charge is 0.290 e. The van der Waals surface area contributed by atoms with Gasteiger partial charge < -0.3 is 14.9 Å². The Labute approximate surface area is 101 Å². The van der Waals surface area contributed by atoms with Crippen molar-refractivity contribution in [2.45, 2.75) is 13.5 Å². The third-order valence-electron chi connectivity index (χ3n) is 2.14. The van der Waals surface area contributed by atoms with Gasteiger partial charge in [-0.2, -0.15) is 0 Å². The molecule has 0 amide bonds. The van der Waals surface area contributed by atoms with Crippen LogP contribution in [0.25, 0.3) is 0 Å². The van der Waals surface area contributed by atoms with Crippen molar-refractivity contribution in [3.05, 3.63) is 47.7 Å². The number of halogens is 1. The molecule has 1 aromatic heterocycles. The maximum absolute atomic E-state index is 5.57. The summed E-state index contributed by atoms with van der Waals surface area (Å²) >= 11 is 0. The van der Waals surface area contributed by atoms with Crippen molar-refractivity contribution in [1.29, 1.82) is 0 Å². The van der Waals surface area contributed by atoms with Crippen molar-refractivity contribution in [1.82, 2.24) is 0 Å². The summed E-state index contributed by atoms with van der Waals surface area (Å²) in [7, 11) is 0. The first-order valence-electron chi connectivity index (χ1n) is 4.82. The lowest BCUT2D eigenvalue weighted by molar-refractivity contribution is 0.331. The van der Waals surface area contributed by atoms with E-state index in [1.165, 1.54) is 0 Å². The second kappa shape index (κ2) is 5.58. The normalized spacial score (nSPS) is 9.62. The Bertz CT molecular complexity index is 454. The van der Waals surface area contributed by atoms with E-state index in [4.69, 9.17) is 14.9 Å². The zero-order chi connectivity index (χ0) is 10.7. The van der Waals surface area contributed by atoms with Crippen molar-refractivity contribution in [2.75, 3.05) is 0 Å². The Kier molecular flexibility index (Phi) is 4.40. The largest absolute Gasteiger partial charge is 0.429 e. The molecular formula is C12H14ClNO2. The van der Waals surface area contributed by atoms with Crippen molar-refractivity contribution in [3.8, 4) is 11.7 Å². The summed E-state index contributed by atoms with van der Waals surface area (Å²) in [6, 6.07) is 11.4. The minimum absolute atomic E-state index is 0. The first kappa shape index (κ1) is 12.6. The van der Waals surface area contributed by atoms with E-state index >= 15 is 0 Å². The highest BCUT2D eigenvalue weighted by Crippen LogP contribution is 2.25. The van der Waals surface area contributed by atoms with Crippen LogP contribution in [-0.2, 0) is 6.54 Å². The summed E-state index contributed by atoms with van der Waals surface area (Å²) in [6.07, 6.45) is 0. The van der Waals surface area contributed by atoms with Crippen molar-refractivity contribution >= 4 is 12.4 Å². The zero-order valence-corrected chi connectivity index (χ0v) is 9.79. The molecule has 2 N–H and O–H groups in total. The van der Waals surface area contributed by atoms with Gasteiger partial charge >= 0.3 is 0 Å². The third kappa shape index (κ3) is 2.78. The molecule has 1 heterocycles. The van der Waals surface area contributed by atoms with Crippen LogP contribution in [0.3, 0.4) is 0 Å². The molecule has 0 aliphatic heterocycles. The average molecular weight is 240 g/mol. The molecule has 86 valence electrons. The van der Waals surface area contributed by atoms with Crippen LogP contribution in [0.1, 0.15) is 11.3 Å². The Morgan fingerprint density at radius 3 is 2.56 bits per heavy atom. The molecule has 0 fully saturated rings. The highest BCUT2D eigenvalue weighted by molar-refractivity contribution is 5.85. The van der Waals surface area contributed by atoms with Gasteiger partial charge in [0, 0.05) is 6.07 Å². The van der Waals surface area contributed by atoms with Gasteiger partial charge in [0.05, 0.1) is 6.54 Å². The maximum atomic E-state index is 5.57. The third-order valence-corrected chi connectivity index (χ3v) is 2.14. The van der Waals surface area contributed by atoms with Gasteiger partial charge in [-0.25, -0.2) is 0 Å². The summed E-state index contributed by atoms with van der Waals surface area (Å²) in [5, 5.41) is 0. The molecule has 1 aromatic carbocycles. The van der Waals surface area contributed by atoms with Crippen LogP contribution in [-0.4, -0.2) is 0 Å². The van der Waals surface area contributed by atoms with E-state index in [9.17, 15) is 0 Å². The number of ether oxygens (including phenoxy) is 1. The fourth-order valence-corrected chi connectivity index (χ4v) is 1.30. The van der Waals surface area contributed by atoms with Gasteiger partial charge in [0.25, 0.3) is 5.95 Å². The molecule has 0 unspecified atom stereocenters. The number of aryl methyl sites for hydroxylation is 1. The van der Waals surface area contributed by atoms with Gasteiger partial charge in [-0.3, -0.25) is 0 Å². The topological polar surface area (TPSA) is 48.4 Å². The van der Waals surface area contributed by atoms with E-state index in [-0.39, 0.29) is 12.4 Å². The fraction of sp³-hybridized carbons (Fsp3) is 0.167. The van der Waals surface area contributed by atoms with Crippen LogP contribution < -0.4 is 10.5 Å². The predicted molar refractivity (Wildman–Crippen MR) is 65.1 cm³/mol. The predicted octanol–water partition coefficient (Wildman–Crippen LogP) is 3.26. The standard InChI is InChI=1S/C12H13NO2.ClH/c1-9-4-2-3-5-11(9)15-12-7-6-10(8-13)14-12;/h2-7H,8,13H2,1H3;1H. The second-order valence-corrected chi connectivity index (χ2v) is 3.29. The quantitative estimate of drug-likeness (QED) is 0.894. The number of nitrogens with two attached hydrogens (primary N) is 1. The molecule has 16 heavy (non-hydrogen) atoms. The minimum Gasteiger partial charge on any atom is -0.429 e. The minimum atomic E-state index is 0. The molecule has 0 aliphatic carbocycles. The van der Waals surface area contributed by atoms with Gasteiger partial charge in [0.1, 0.15) is 11.5 Å². The SMILES string of the molecule is Cc1ccccc1Oc1ccc(CN)o1.Cl. The summed E-state index contributed by atoms with van der Waals surface area (Å²) in [4.78, 5) is 0. The van der Waals surface area contributed by atoms with Crippen molar-refractivity contribution in [2.24, 2.45) is 5.73 Å². The van der Waals surface area contributed by atoms with Crippen LogP contribution in [0.5, 0.6) is 11.7 Å². The first-order valence-corrected chi connectivity index (χ1v) is 4.82. The molecule has 0 spiro atoms. The summed E-state index contributed by atoms with van der Waals surface area (Å²) < 4.78 is 10.9. The molecule has 4 heteroatoms. The van der Waals surface area contributed by atoms with Gasteiger partial charge in [-0.05, 0) is 24.6 Å². The Morgan fingerprint density at radius 1 is 1.19 bits per heavy atom. The fourth-order valence-electron chi connectivity index (χ4n) is 1.30. The summed E-state index contributed by atoms with van der Waals surface area (Å²) in [6.45, 7) is 2.37. The Balaban J connectivity index is 0.00000128. The van der Waals surface area contributed by atoms with Gasteiger partial charge in [-0.15, -0.1) is 12.4 Å². The molecule has 2 rings (SSSR count). The number of hydrogen-bond acceptors (Lipinski definition) is 3. The van der Waals surface area contributed by atoms with Gasteiger partial charge in [0.2, 0.25) is 0 Å². The molecule has 0 aliphatic rings. The highest BCUT2D eigenvalue weighted by atomic mass is 35.5. The maximum Gasteiger partial charge on any atom is 0.290 e. The lowest BCUT2D eigenvalue weighted by atomic mass is 10.2. The highest BCUT2D eigenvalue weighted by Gasteiger charge is 2.04. The Morgan fingerprint density at radius 2 is 1.94 bits per heavy atom. The average Bonchev–Trinajstić information content (AvgIpc) is 2.69. The monoisotopic (exact) mass is 239 g/mol. The summed E-state index contributed by atoms with van der Waals surface area (Å²) in [5.41, 5.74) is 6.51. The van der Waals surface area contributed by atoms with Crippen molar-refractivity contribution in [3.63, 3.8) is 0 Å². The molecule has 2 aromatic rings. The first-order chi connectivity index (χ1) is 7.29. The molecule has 0 radical (unpaired) electrons. The molecular weight excluding hydrogens is 226 g/mol. The lowest BCUT2D eigenvalue weighted by Gasteiger charge is -2.04. The molecule has 3 nitrogen and oxygen atoms in total. The van der Waals surface area contributed by atoms with E-state index in [2.05, 4.69) is 0 Å². The van der Waals surface area contributed by atoms with Gasteiger partial charge in [-0.1, -0.05) is 18.2 Å². The molecule has 0 saturated carbocycles. The number of hydrogen-bond donors (Lipinski definition) is 1. The number of rotatable bonds is 3. The van der Waals surface area contributed by atoms with Crippen LogP contribution in [0, 0.1) is 6.92 Å². The zero-order valence-electron chi connectivity index (χ0n) is 8.97. The number of para-hydroxylation sites is 1. The van der Waals surface area contributed by atoms with Crippen LogP contribution in [0.4, 0.5) is 0 Å². The van der Waals surface area contributed by atoms with Crippen molar-refractivity contribution < 1.29 is 9.15 Å². The number of furan rings is 1. The summed E-state index contributed by atoms with van der Waals surface area (Å²) in [5.74, 6) is 2.00. The van der Waals surface area contributed by atoms with E-state index in [0.717, 1.165) is 17.1 Å². The van der Waals surface area contributed by atoms with E-state index in [1.54, 1.807) is 6.07 Å². The van der Waals surface area contributed by atoms with Gasteiger partial charge in [0.15, 0.2) is 0 Å². The van der Waals surface area contributed by atoms with E-state index in [0.29, 0.717) is 12.5 Å². The van der Waals surface area contributed by atoms with E-state index in [1.807, 2.05) is 37.3 Å². The molecule has 0 atom stereocenters. The van der Waals surface area contributed by atoms with Crippen LogP contribution >= 0.6 is 12.4 Å². The molecule has 0 saturated heterocycles. The second-order valence-electron chi connectivity index (χ2n) is 3.29. The number of benzene rings is 1. The van der Waals surface area contributed by atoms with E-state index < -0.39 is 0 Å².